The van der Waals surface area contributed by atoms with E-state index in [0.29, 0.717) is 0 Å². The van der Waals surface area contributed by atoms with Gasteiger partial charge in [0.05, 0.1) is 5.69 Å². The average Bonchev–Trinajstić information content (AvgIpc) is 4.11. The lowest BCUT2D eigenvalue weighted by Gasteiger charge is -2.34. The van der Waals surface area contributed by atoms with Crippen molar-refractivity contribution in [2.24, 2.45) is 0 Å². The molecule has 0 aliphatic heterocycles. The van der Waals surface area contributed by atoms with Gasteiger partial charge in [-0.1, -0.05) is 208 Å². The summed E-state index contributed by atoms with van der Waals surface area (Å²) >= 11 is 0. The molecular formula is C68H47NO. The minimum atomic E-state index is -0.779. The summed E-state index contributed by atoms with van der Waals surface area (Å²) in [6, 6.07) is 89.1. The van der Waals surface area contributed by atoms with Gasteiger partial charge in [-0.2, -0.15) is 0 Å². The van der Waals surface area contributed by atoms with Gasteiger partial charge in [0.15, 0.2) is 0 Å². The highest BCUT2D eigenvalue weighted by Crippen LogP contribution is 2.67. The zero-order chi connectivity index (χ0) is 46.6. The molecule has 1 spiro atoms. The molecule has 0 fully saturated rings. The maximum atomic E-state index is 7.35. The number of furan rings is 1. The Labute approximate surface area is 409 Å². The van der Waals surface area contributed by atoms with Crippen molar-refractivity contribution in [2.45, 2.75) is 24.7 Å². The van der Waals surface area contributed by atoms with Crippen LogP contribution in [0.5, 0.6) is 0 Å². The number of nitrogens with zero attached hydrogens (tertiary/aromatic N) is 1. The van der Waals surface area contributed by atoms with Crippen molar-refractivity contribution in [2.75, 3.05) is 4.90 Å². The highest BCUT2D eigenvalue weighted by Gasteiger charge is 2.56. The number of hydrogen-bond donors (Lipinski definition) is 0. The number of anilines is 3. The monoisotopic (exact) mass is 893 g/mol. The Balaban J connectivity index is 1.03. The maximum Gasteiger partial charge on any atom is 0.135 e. The summed E-state index contributed by atoms with van der Waals surface area (Å²) in [6.45, 7) is 4.74. The van der Waals surface area contributed by atoms with Gasteiger partial charge >= 0.3 is 0 Å². The van der Waals surface area contributed by atoms with E-state index in [1.807, 2.05) is 0 Å². The van der Waals surface area contributed by atoms with E-state index in [9.17, 15) is 0 Å². The van der Waals surface area contributed by atoms with Gasteiger partial charge in [0.2, 0.25) is 0 Å². The van der Waals surface area contributed by atoms with Gasteiger partial charge in [0.25, 0.3) is 0 Å². The van der Waals surface area contributed by atoms with E-state index in [4.69, 9.17) is 4.42 Å². The largest absolute Gasteiger partial charge is 0.459 e. The fourth-order valence-electron chi connectivity index (χ4n) is 12.3. The second kappa shape index (κ2) is 15.4. The van der Waals surface area contributed by atoms with Crippen molar-refractivity contribution in [3.05, 3.63) is 293 Å². The molecule has 11 aromatic rings. The quantitative estimate of drug-likeness (QED) is 0.148. The van der Waals surface area contributed by atoms with Crippen LogP contribution in [-0.2, 0) is 10.8 Å². The smallest absolute Gasteiger partial charge is 0.135 e. The lowest BCUT2D eigenvalue weighted by molar-refractivity contribution is 0.507. The van der Waals surface area contributed by atoms with Gasteiger partial charge in [0.1, 0.15) is 16.8 Å². The van der Waals surface area contributed by atoms with Crippen LogP contribution in [0.2, 0.25) is 0 Å². The van der Waals surface area contributed by atoms with Crippen LogP contribution in [0.15, 0.2) is 247 Å². The lowest BCUT2D eigenvalue weighted by Crippen LogP contribution is -2.28. The minimum Gasteiger partial charge on any atom is -0.459 e. The van der Waals surface area contributed by atoms with Crippen molar-refractivity contribution >= 4 is 39.7 Å². The van der Waals surface area contributed by atoms with Crippen LogP contribution < -0.4 is 4.90 Å². The van der Waals surface area contributed by atoms with E-state index in [1.165, 1.54) is 89.0 Å². The third-order valence-electron chi connectivity index (χ3n) is 15.5. The molecule has 3 aliphatic carbocycles. The molecule has 0 radical (unpaired) electrons. The summed E-state index contributed by atoms with van der Waals surface area (Å²) in [4.78, 5) is 2.43. The van der Waals surface area contributed by atoms with Crippen LogP contribution in [-0.4, -0.2) is 0 Å². The first-order valence-electron chi connectivity index (χ1n) is 24.4. The van der Waals surface area contributed by atoms with Crippen molar-refractivity contribution in [3.63, 3.8) is 0 Å². The van der Waals surface area contributed by atoms with Crippen LogP contribution in [0.3, 0.4) is 0 Å². The molecule has 0 amide bonds. The molecule has 0 saturated heterocycles. The number of fused-ring (bicyclic) bond motifs is 15. The predicted molar refractivity (Wildman–Crippen MR) is 290 cm³/mol. The Morgan fingerprint density at radius 2 is 1.00 bits per heavy atom. The van der Waals surface area contributed by atoms with Gasteiger partial charge in [-0.25, -0.2) is 0 Å². The average molecular weight is 894 g/mol. The Bertz CT molecular complexity index is 3860. The van der Waals surface area contributed by atoms with Crippen molar-refractivity contribution in [1.29, 1.82) is 0 Å². The fraction of sp³-hybridized carbons (Fsp3) is 0.0588. The molecule has 0 N–H and O–H groups in total. The van der Waals surface area contributed by atoms with Crippen LogP contribution in [0.4, 0.5) is 17.1 Å². The van der Waals surface area contributed by atoms with E-state index in [1.54, 1.807) is 0 Å². The van der Waals surface area contributed by atoms with Crippen molar-refractivity contribution in [3.8, 4) is 44.5 Å². The third-order valence-corrected chi connectivity index (χ3v) is 15.5. The minimum absolute atomic E-state index is 0.138. The third kappa shape index (κ3) is 5.80. The highest BCUT2D eigenvalue weighted by molar-refractivity contribution is 6.07. The zero-order valence-electron chi connectivity index (χ0n) is 39.0. The SMILES string of the molecule is CC1(C)c2ccccc2-c2ccc(C(=Cc3ccc4c(c3)C3(c5ccccc5-c5cccc(N(c6ccccc6)c6ccccc6)c53)c3oc5ccccc5c3-4)c3ccc(-c4ccccc4)cc3)cc21. The van der Waals surface area contributed by atoms with Gasteiger partial charge in [0, 0.05) is 33.3 Å². The van der Waals surface area contributed by atoms with E-state index < -0.39 is 5.41 Å². The first-order chi connectivity index (χ1) is 34.5. The van der Waals surface area contributed by atoms with E-state index in [2.05, 4.69) is 267 Å². The summed E-state index contributed by atoms with van der Waals surface area (Å²) in [5.74, 6) is 0.974. The standard InChI is InChI=1S/C68H47NO/c1-67(2)58-29-15-12-25-51(58)53-40-38-48(43-60(53)67)57(47-36-34-46(35-37-47)45-19-6-3-7-20-45)41-44-33-39-55-61(42-44)68(66-64(55)56-27-14-17-32-63(56)70-66)59-30-16-13-26-52(59)54-28-18-31-62(65(54)68)69(49-21-8-4-9-22-49)50-23-10-5-11-24-50/h3-43H,1-2H3. The van der Waals surface area contributed by atoms with Crippen LogP contribution >= 0.6 is 0 Å². The van der Waals surface area contributed by atoms with Crippen molar-refractivity contribution in [1.82, 2.24) is 0 Å². The number of rotatable bonds is 7. The molecule has 330 valence electrons. The molecule has 1 unspecified atom stereocenters. The lowest BCUT2D eigenvalue weighted by atomic mass is 9.72. The van der Waals surface area contributed by atoms with Crippen LogP contribution in [0, 0.1) is 0 Å². The Hall–Kier alpha value is -8.72. The molecule has 1 heterocycles. The number of para-hydroxylation sites is 3. The predicted octanol–water partition coefficient (Wildman–Crippen LogP) is 17.8. The van der Waals surface area contributed by atoms with E-state index >= 15 is 0 Å². The van der Waals surface area contributed by atoms with Gasteiger partial charge < -0.3 is 9.32 Å². The molecule has 3 aliphatic rings. The molecule has 10 aromatic carbocycles. The van der Waals surface area contributed by atoms with Crippen LogP contribution in [0.1, 0.15) is 64.1 Å². The second-order valence-corrected chi connectivity index (χ2v) is 19.5. The second-order valence-electron chi connectivity index (χ2n) is 19.5. The molecule has 0 saturated carbocycles. The topological polar surface area (TPSA) is 16.4 Å². The Morgan fingerprint density at radius 3 is 1.74 bits per heavy atom. The number of benzene rings is 10. The molecule has 1 atom stereocenters. The molecular weight excluding hydrogens is 847 g/mol. The van der Waals surface area contributed by atoms with Crippen LogP contribution in [0.25, 0.3) is 67.1 Å². The zero-order valence-corrected chi connectivity index (χ0v) is 39.0. The summed E-state index contributed by atoms with van der Waals surface area (Å²) in [5.41, 5.74) is 24.2. The summed E-state index contributed by atoms with van der Waals surface area (Å²) in [7, 11) is 0. The highest BCUT2D eigenvalue weighted by atomic mass is 16.3. The summed E-state index contributed by atoms with van der Waals surface area (Å²) in [5, 5.41) is 1.13. The first kappa shape index (κ1) is 40.4. The molecule has 70 heavy (non-hydrogen) atoms. The van der Waals surface area contributed by atoms with Crippen molar-refractivity contribution < 1.29 is 4.42 Å². The molecule has 2 heteroatoms. The fourth-order valence-corrected chi connectivity index (χ4v) is 12.3. The molecule has 1 aromatic heterocycles. The van der Waals surface area contributed by atoms with E-state index in [0.717, 1.165) is 39.4 Å². The molecule has 14 rings (SSSR count). The Kier molecular flexibility index (Phi) is 8.88. The first-order valence-corrected chi connectivity index (χ1v) is 24.4. The summed E-state index contributed by atoms with van der Waals surface area (Å²) < 4.78 is 7.35. The Morgan fingerprint density at radius 1 is 0.429 bits per heavy atom. The normalized spacial score (nSPS) is 15.5. The van der Waals surface area contributed by atoms with Gasteiger partial charge in [-0.3, -0.25) is 0 Å². The number of hydrogen-bond acceptors (Lipinski definition) is 2. The van der Waals surface area contributed by atoms with Gasteiger partial charge in [-0.05, 0) is 138 Å². The maximum absolute atomic E-state index is 7.35. The molecule has 2 nitrogen and oxygen atoms in total. The van der Waals surface area contributed by atoms with E-state index in [-0.39, 0.29) is 5.41 Å². The van der Waals surface area contributed by atoms with Gasteiger partial charge in [-0.15, -0.1) is 0 Å². The summed E-state index contributed by atoms with van der Waals surface area (Å²) in [6.07, 6.45) is 2.43. The molecule has 0 bridgehead atoms.